The van der Waals surface area contributed by atoms with Gasteiger partial charge in [-0.25, -0.2) is 0 Å². The number of ether oxygens (including phenoxy) is 1. The Hall–Kier alpha value is -2.91. The fourth-order valence-corrected chi connectivity index (χ4v) is 3.81. The molecule has 0 spiro atoms. The highest BCUT2D eigenvalue weighted by Gasteiger charge is 2.31. The molecule has 0 bridgehead atoms. The first kappa shape index (κ1) is 21.8. The van der Waals surface area contributed by atoms with Crippen LogP contribution in [0.2, 0.25) is 0 Å². The van der Waals surface area contributed by atoms with E-state index in [4.69, 9.17) is 0 Å². The van der Waals surface area contributed by atoms with Gasteiger partial charge >= 0.3 is 6.36 Å². The Labute approximate surface area is 178 Å². The molecule has 0 radical (unpaired) electrons. The number of hydrogen-bond donors (Lipinski definition) is 0. The van der Waals surface area contributed by atoms with E-state index in [1.165, 1.54) is 29.5 Å². The lowest BCUT2D eigenvalue weighted by molar-refractivity contribution is -0.274. The summed E-state index contributed by atoms with van der Waals surface area (Å²) in [6.07, 6.45) is -4.72. The van der Waals surface area contributed by atoms with Crippen LogP contribution in [-0.4, -0.2) is 6.36 Å². The SMILES string of the molecule is CC(C)(C)c1ccc(Sc2cc(-c3ccc(OC(F)(F)F)cc3)ccc2C#N)cc1. The van der Waals surface area contributed by atoms with Gasteiger partial charge < -0.3 is 4.74 Å². The van der Waals surface area contributed by atoms with Crippen LogP contribution in [0.3, 0.4) is 0 Å². The second-order valence-corrected chi connectivity index (χ2v) is 8.89. The van der Waals surface area contributed by atoms with Gasteiger partial charge in [0.15, 0.2) is 0 Å². The smallest absolute Gasteiger partial charge is 0.406 e. The molecule has 0 unspecified atom stereocenters. The molecule has 0 saturated carbocycles. The maximum atomic E-state index is 12.3. The summed E-state index contributed by atoms with van der Waals surface area (Å²) in [6.45, 7) is 6.45. The molecular weight excluding hydrogens is 407 g/mol. The van der Waals surface area contributed by atoms with E-state index in [0.29, 0.717) is 5.56 Å². The zero-order valence-electron chi connectivity index (χ0n) is 16.7. The molecule has 0 heterocycles. The van der Waals surface area contributed by atoms with Crippen molar-refractivity contribution in [1.82, 2.24) is 0 Å². The van der Waals surface area contributed by atoms with Crippen molar-refractivity contribution in [3.05, 3.63) is 77.9 Å². The summed E-state index contributed by atoms with van der Waals surface area (Å²) in [5, 5.41) is 9.47. The van der Waals surface area contributed by atoms with Crippen LogP contribution < -0.4 is 4.74 Å². The molecule has 0 aliphatic heterocycles. The molecule has 6 heteroatoms. The van der Waals surface area contributed by atoms with E-state index in [9.17, 15) is 18.4 Å². The predicted octanol–water partition coefficient (Wildman–Crippen LogP) is 7.57. The number of benzene rings is 3. The minimum atomic E-state index is -4.72. The summed E-state index contributed by atoms with van der Waals surface area (Å²) >= 11 is 1.48. The fourth-order valence-electron chi connectivity index (χ4n) is 2.88. The van der Waals surface area contributed by atoms with E-state index >= 15 is 0 Å². The van der Waals surface area contributed by atoms with Crippen LogP contribution in [0, 0.1) is 11.3 Å². The highest BCUT2D eigenvalue weighted by molar-refractivity contribution is 7.99. The first-order chi connectivity index (χ1) is 14.0. The van der Waals surface area contributed by atoms with Gasteiger partial charge in [0, 0.05) is 9.79 Å². The molecule has 3 rings (SSSR count). The third-order valence-electron chi connectivity index (χ3n) is 4.47. The van der Waals surface area contributed by atoms with E-state index in [-0.39, 0.29) is 11.2 Å². The van der Waals surface area contributed by atoms with Crippen molar-refractivity contribution in [2.45, 2.75) is 42.3 Å². The van der Waals surface area contributed by atoms with Crippen molar-refractivity contribution >= 4 is 11.8 Å². The first-order valence-electron chi connectivity index (χ1n) is 9.24. The highest BCUT2D eigenvalue weighted by atomic mass is 32.2. The zero-order chi connectivity index (χ0) is 21.9. The Morgan fingerprint density at radius 1 is 0.833 bits per heavy atom. The number of nitriles is 1. The summed E-state index contributed by atoms with van der Waals surface area (Å²) in [5.41, 5.74) is 3.37. The summed E-state index contributed by atoms with van der Waals surface area (Å²) in [7, 11) is 0. The van der Waals surface area contributed by atoms with Gasteiger partial charge in [-0.05, 0) is 58.5 Å². The Kier molecular flexibility index (Phi) is 6.14. The fraction of sp³-hybridized carbons (Fsp3) is 0.208. The Balaban J connectivity index is 1.86. The van der Waals surface area contributed by atoms with Gasteiger partial charge in [-0.1, -0.05) is 62.9 Å². The monoisotopic (exact) mass is 427 g/mol. The molecule has 0 aliphatic carbocycles. The van der Waals surface area contributed by atoms with E-state index in [2.05, 4.69) is 43.7 Å². The maximum Gasteiger partial charge on any atom is 0.573 e. The number of hydrogen-bond acceptors (Lipinski definition) is 3. The average molecular weight is 427 g/mol. The standard InChI is InChI=1S/C24H20F3NOS/c1-23(2,3)19-8-12-21(13-9-19)30-22-14-17(4-5-18(22)15-28)16-6-10-20(11-7-16)29-24(25,26)27/h4-14H,1-3H3. The van der Waals surface area contributed by atoms with E-state index in [1.807, 2.05) is 18.2 Å². The van der Waals surface area contributed by atoms with Crippen LogP contribution in [0.1, 0.15) is 31.9 Å². The van der Waals surface area contributed by atoms with Crippen LogP contribution in [0.4, 0.5) is 13.2 Å². The van der Waals surface area contributed by atoms with Crippen molar-refractivity contribution in [2.24, 2.45) is 0 Å². The molecular formula is C24H20F3NOS. The minimum Gasteiger partial charge on any atom is -0.406 e. The van der Waals surface area contributed by atoms with Crippen molar-refractivity contribution in [2.75, 3.05) is 0 Å². The Morgan fingerprint density at radius 3 is 1.97 bits per heavy atom. The van der Waals surface area contributed by atoms with Crippen molar-refractivity contribution in [3.8, 4) is 22.9 Å². The molecule has 0 aliphatic rings. The van der Waals surface area contributed by atoms with Crippen molar-refractivity contribution < 1.29 is 17.9 Å². The van der Waals surface area contributed by atoms with Crippen LogP contribution in [0.5, 0.6) is 5.75 Å². The molecule has 3 aromatic carbocycles. The number of nitrogens with zero attached hydrogens (tertiary/aromatic N) is 1. The highest BCUT2D eigenvalue weighted by Crippen LogP contribution is 2.35. The molecule has 2 nitrogen and oxygen atoms in total. The molecule has 0 saturated heterocycles. The van der Waals surface area contributed by atoms with Crippen molar-refractivity contribution in [3.63, 3.8) is 0 Å². The van der Waals surface area contributed by atoms with Crippen LogP contribution in [0.25, 0.3) is 11.1 Å². The zero-order valence-corrected chi connectivity index (χ0v) is 17.6. The number of alkyl halides is 3. The normalized spacial score (nSPS) is 11.8. The summed E-state index contributed by atoms with van der Waals surface area (Å²) < 4.78 is 40.9. The van der Waals surface area contributed by atoms with E-state index in [0.717, 1.165) is 20.9 Å². The van der Waals surface area contributed by atoms with Gasteiger partial charge in [-0.3, -0.25) is 0 Å². The largest absolute Gasteiger partial charge is 0.573 e. The van der Waals surface area contributed by atoms with Gasteiger partial charge in [0.2, 0.25) is 0 Å². The van der Waals surface area contributed by atoms with Crippen molar-refractivity contribution in [1.29, 1.82) is 5.26 Å². The number of rotatable bonds is 4. The molecule has 0 N–H and O–H groups in total. The van der Waals surface area contributed by atoms with E-state index < -0.39 is 6.36 Å². The first-order valence-corrected chi connectivity index (χ1v) is 10.1. The Bertz CT molecular complexity index is 1060. The van der Waals surface area contributed by atoms with Crippen LogP contribution in [0.15, 0.2) is 76.5 Å². The van der Waals surface area contributed by atoms with Crippen LogP contribution in [-0.2, 0) is 5.41 Å². The van der Waals surface area contributed by atoms with Gasteiger partial charge in [0.25, 0.3) is 0 Å². The van der Waals surface area contributed by atoms with E-state index in [1.54, 1.807) is 24.3 Å². The maximum absolute atomic E-state index is 12.3. The lowest BCUT2D eigenvalue weighted by Gasteiger charge is -2.19. The predicted molar refractivity (Wildman–Crippen MR) is 113 cm³/mol. The lowest BCUT2D eigenvalue weighted by atomic mass is 9.87. The van der Waals surface area contributed by atoms with Crippen LogP contribution >= 0.6 is 11.8 Å². The molecule has 0 amide bonds. The molecule has 154 valence electrons. The molecule has 3 aromatic rings. The van der Waals surface area contributed by atoms with Gasteiger partial charge in [-0.15, -0.1) is 13.2 Å². The second-order valence-electron chi connectivity index (χ2n) is 7.77. The third kappa shape index (κ3) is 5.58. The quantitative estimate of drug-likeness (QED) is 0.430. The minimum absolute atomic E-state index is 0.0585. The molecule has 30 heavy (non-hydrogen) atoms. The molecule has 0 atom stereocenters. The molecule has 0 fully saturated rings. The summed E-state index contributed by atoms with van der Waals surface area (Å²) in [5.74, 6) is -0.270. The Morgan fingerprint density at radius 2 is 1.43 bits per heavy atom. The number of halogens is 3. The average Bonchev–Trinajstić information content (AvgIpc) is 2.67. The second kappa shape index (κ2) is 8.45. The van der Waals surface area contributed by atoms with Gasteiger partial charge in [-0.2, -0.15) is 5.26 Å². The van der Waals surface area contributed by atoms with Gasteiger partial charge in [0.1, 0.15) is 11.8 Å². The third-order valence-corrected chi connectivity index (χ3v) is 5.54. The summed E-state index contributed by atoms with van der Waals surface area (Å²) in [6, 6.07) is 21.5. The van der Waals surface area contributed by atoms with Gasteiger partial charge in [0.05, 0.1) is 5.56 Å². The lowest BCUT2D eigenvalue weighted by Crippen LogP contribution is -2.16. The molecule has 0 aromatic heterocycles. The summed E-state index contributed by atoms with van der Waals surface area (Å²) in [4.78, 5) is 1.79. The topological polar surface area (TPSA) is 33.0 Å².